The van der Waals surface area contributed by atoms with Crippen LogP contribution in [0.5, 0.6) is 0 Å². The molecule has 0 N–H and O–H groups in total. The Bertz CT molecular complexity index is 192. The van der Waals surface area contributed by atoms with E-state index in [2.05, 4.69) is 48.5 Å². The van der Waals surface area contributed by atoms with Gasteiger partial charge in [0, 0.05) is 0 Å². The lowest BCUT2D eigenvalue weighted by Gasteiger charge is -2.34. The molecule has 0 aliphatic carbocycles. The molecule has 0 bridgehead atoms. The Balaban J connectivity index is 4.47. The van der Waals surface area contributed by atoms with Gasteiger partial charge in [0.25, 0.3) is 0 Å². The highest BCUT2D eigenvalue weighted by Crippen LogP contribution is 2.40. The first-order chi connectivity index (χ1) is 10.0. The first kappa shape index (κ1) is 21.0. The molecule has 0 aromatic heterocycles. The van der Waals surface area contributed by atoms with Crippen molar-refractivity contribution in [3.8, 4) is 0 Å². The minimum Gasteiger partial charge on any atom is -0.0651 e. The lowest BCUT2D eigenvalue weighted by atomic mass is 9.71. The van der Waals surface area contributed by atoms with Crippen molar-refractivity contribution in [3.05, 3.63) is 0 Å². The van der Waals surface area contributed by atoms with Crippen molar-refractivity contribution in [2.45, 2.75) is 119 Å². The summed E-state index contributed by atoms with van der Waals surface area (Å²) in [4.78, 5) is 0. The molecule has 0 heteroatoms. The fourth-order valence-corrected chi connectivity index (χ4v) is 4.13. The molecule has 0 saturated heterocycles. The van der Waals surface area contributed by atoms with Gasteiger partial charge in [-0.1, -0.05) is 93.4 Å². The summed E-state index contributed by atoms with van der Waals surface area (Å²) >= 11 is 0. The molecular formula is C21H44. The van der Waals surface area contributed by atoms with Gasteiger partial charge in [0.05, 0.1) is 0 Å². The van der Waals surface area contributed by atoms with Gasteiger partial charge in [-0.3, -0.25) is 0 Å². The van der Waals surface area contributed by atoms with Crippen LogP contribution in [0.4, 0.5) is 0 Å². The predicted molar refractivity (Wildman–Crippen MR) is 98.9 cm³/mol. The Morgan fingerprint density at radius 1 is 0.524 bits per heavy atom. The highest BCUT2D eigenvalue weighted by molar-refractivity contribution is 4.79. The smallest absolute Gasteiger partial charge is 0.0305 e. The molecule has 0 fully saturated rings. The molecule has 0 aromatic rings. The van der Waals surface area contributed by atoms with E-state index in [4.69, 9.17) is 0 Å². The van der Waals surface area contributed by atoms with Crippen molar-refractivity contribution in [1.82, 2.24) is 0 Å². The van der Waals surface area contributed by atoms with Crippen LogP contribution in [0.2, 0.25) is 0 Å². The minimum absolute atomic E-state index is 0.630. The summed E-state index contributed by atoms with van der Waals surface area (Å²) in [5.41, 5.74) is 1.26. The normalized spacial score (nSPS) is 13.1. The molecule has 0 spiro atoms. The van der Waals surface area contributed by atoms with Crippen LogP contribution in [0.15, 0.2) is 0 Å². The van der Waals surface area contributed by atoms with Gasteiger partial charge < -0.3 is 0 Å². The van der Waals surface area contributed by atoms with E-state index in [0.717, 1.165) is 5.92 Å². The van der Waals surface area contributed by atoms with Gasteiger partial charge in [-0.25, -0.2) is 0 Å². The van der Waals surface area contributed by atoms with Crippen LogP contribution < -0.4 is 0 Å². The first-order valence-electron chi connectivity index (χ1n) is 10.0. The quantitative estimate of drug-likeness (QED) is 0.323. The Morgan fingerprint density at radius 3 is 1.00 bits per heavy atom. The average Bonchev–Trinajstić information content (AvgIpc) is 2.56. The topological polar surface area (TPSA) is 0 Å². The van der Waals surface area contributed by atoms with E-state index in [1.807, 2.05) is 0 Å². The van der Waals surface area contributed by atoms with Gasteiger partial charge >= 0.3 is 0 Å². The first-order valence-corrected chi connectivity index (χ1v) is 10.0. The van der Waals surface area contributed by atoms with E-state index in [9.17, 15) is 0 Å². The van der Waals surface area contributed by atoms with Crippen LogP contribution in [0.1, 0.15) is 119 Å². The minimum atomic E-state index is 0.630. The maximum Gasteiger partial charge on any atom is -0.0305 e. The van der Waals surface area contributed by atoms with Crippen molar-refractivity contribution in [2.24, 2.45) is 16.7 Å². The van der Waals surface area contributed by atoms with Crippen LogP contribution in [-0.2, 0) is 0 Å². The predicted octanol–water partition coefficient (Wildman–Crippen LogP) is 8.01. The van der Waals surface area contributed by atoms with E-state index in [-0.39, 0.29) is 0 Å². The molecule has 21 heavy (non-hydrogen) atoms. The molecule has 0 saturated carbocycles. The molecule has 0 rings (SSSR count). The molecular weight excluding hydrogens is 252 g/mol. The molecule has 0 unspecified atom stereocenters. The molecule has 0 aliphatic rings. The van der Waals surface area contributed by atoms with E-state index in [1.54, 1.807) is 0 Å². The third-order valence-electron chi connectivity index (χ3n) is 7.24. The maximum absolute atomic E-state index is 2.40. The number of rotatable bonds is 13. The van der Waals surface area contributed by atoms with Crippen LogP contribution in [0, 0.1) is 16.7 Å². The van der Waals surface area contributed by atoms with Crippen LogP contribution in [0.3, 0.4) is 0 Å². The Labute approximate surface area is 136 Å². The average molecular weight is 297 g/mol. The van der Waals surface area contributed by atoms with Gasteiger partial charge in [-0.15, -0.1) is 0 Å². The van der Waals surface area contributed by atoms with E-state index >= 15 is 0 Å². The van der Waals surface area contributed by atoms with Gasteiger partial charge in [0.15, 0.2) is 0 Å². The monoisotopic (exact) mass is 296 g/mol. The Morgan fingerprint density at radius 2 is 0.810 bits per heavy atom. The van der Waals surface area contributed by atoms with Crippen molar-refractivity contribution >= 4 is 0 Å². The zero-order valence-corrected chi connectivity index (χ0v) is 16.4. The maximum atomic E-state index is 2.40. The highest BCUT2D eigenvalue weighted by atomic mass is 14.3. The van der Waals surface area contributed by atoms with Gasteiger partial charge in [0.2, 0.25) is 0 Å². The molecule has 0 amide bonds. The van der Waals surface area contributed by atoms with Gasteiger partial charge in [0.1, 0.15) is 0 Å². The lowest BCUT2D eigenvalue weighted by molar-refractivity contribution is 0.176. The fourth-order valence-electron chi connectivity index (χ4n) is 4.13. The molecule has 0 atom stereocenters. The summed E-state index contributed by atoms with van der Waals surface area (Å²) in [7, 11) is 0. The van der Waals surface area contributed by atoms with E-state index in [0.29, 0.717) is 10.8 Å². The summed E-state index contributed by atoms with van der Waals surface area (Å²) in [6.07, 6.45) is 15.4. The van der Waals surface area contributed by atoms with Crippen molar-refractivity contribution in [2.75, 3.05) is 0 Å². The summed E-state index contributed by atoms with van der Waals surface area (Å²) < 4.78 is 0. The van der Waals surface area contributed by atoms with Crippen LogP contribution >= 0.6 is 0 Å². The number of hydrogen-bond donors (Lipinski definition) is 0. The van der Waals surface area contributed by atoms with Crippen molar-refractivity contribution in [3.63, 3.8) is 0 Å². The van der Waals surface area contributed by atoms with Crippen LogP contribution in [0.25, 0.3) is 0 Å². The van der Waals surface area contributed by atoms with E-state index in [1.165, 1.54) is 70.6 Å². The second-order valence-corrected chi connectivity index (χ2v) is 7.47. The summed E-state index contributed by atoms with van der Waals surface area (Å²) in [5.74, 6) is 0.957. The highest BCUT2D eigenvalue weighted by Gasteiger charge is 2.27. The molecule has 0 heterocycles. The SMILES string of the molecule is CCC(CCC(CC)(CC)CC)CCC(CC)(CC)CC. The number of hydrogen-bond acceptors (Lipinski definition) is 0. The third kappa shape index (κ3) is 6.33. The Kier molecular flexibility index (Phi) is 10.7. The van der Waals surface area contributed by atoms with E-state index < -0.39 is 0 Å². The second kappa shape index (κ2) is 10.7. The fraction of sp³-hybridized carbons (Fsp3) is 1.00. The zero-order valence-electron chi connectivity index (χ0n) is 16.4. The summed E-state index contributed by atoms with van der Waals surface area (Å²) in [6.45, 7) is 16.8. The summed E-state index contributed by atoms with van der Waals surface area (Å²) in [6, 6.07) is 0. The van der Waals surface area contributed by atoms with Crippen LogP contribution in [-0.4, -0.2) is 0 Å². The van der Waals surface area contributed by atoms with Crippen molar-refractivity contribution in [1.29, 1.82) is 0 Å². The summed E-state index contributed by atoms with van der Waals surface area (Å²) in [5, 5.41) is 0. The van der Waals surface area contributed by atoms with Gasteiger partial charge in [-0.05, 0) is 42.4 Å². The largest absolute Gasteiger partial charge is 0.0651 e. The molecule has 0 aliphatic heterocycles. The van der Waals surface area contributed by atoms with Gasteiger partial charge in [-0.2, -0.15) is 0 Å². The molecule has 0 nitrogen and oxygen atoms in total. The molecule has 128 valence electrons. The lowest BCUT2D eigenvalue weighted by Crippen LogP contribution is -2.21. The second-order valence-electron chi connectivity index (χ2n) is 7.47. The molecule has 0 aromatic carbocycles. The van der Waals surface area contributed by atoms with Crippen molar-refractivity contribution < 1.29 is 0 Å². The standard InChI is InChI=1S/C21H44/c1-8-19(15-17-20(9-2,10-3)11-4)16-18-21(12-5,13-6)14-7/h19H,8-18H2,1-7H3. The zero-order chi connectivity index (χ0) is 16.4. The molecule has 0 radical (unpaired) electrons. The third-order valence-corrected chi connectivity index (χ3v) is 7.24. The Hall–Kier alpha value is 0.